The standard InChI is InChI=1S/C16H24N2O3/c17-18-14(7-1-4-12-5-3-9-19-12)13-6-2-8-15-16(13)21-11-10-20-15/h2,6,8,12,14,18H,1,3-5,7,9-11,17H2. The maximum Gasteiger partial charge on any atom is 0.166 e. The van der Waals surface area contributed by atoms with Crippen molar-refractivity contribution in [1.29, 1.82) is 0 Å². The van der Waals surface area contributed by atoms with E-state index in [1.807, 2.05) is 12.1 Å². The lowest BCUT2D eigenvalue weighted by Crippen LogP contribution is -2.29. The molecule has 0 spiro atoms. The lowest BCUT2D eigenvalue weighted by atomic mass is 9.98. The Morgan fingerprint density at radius 2 is 2.14 bits per heavy atom. The number of hydrogen-bond donors (Lipinski definition) is 2. The number of para-hydroxylation sites is 1. The summed E-state index contributed by atoms with van der Waals surface area (Å²) in [6.45, 7) is 2.12. The van der Waals surface area contributed by atoms with Gasteiger partial charge in [0.2, 0.25) is 0 Å². The van der Waals surface area contributed by atoms with Crippen LogP contribution in [-0.2, 0) is 4.74 Å². The van der Waals surface area contributed by atoms with Gasteiger partial charge in [0.05, 0.1) is 6.10 Å². The molecule has 1 saturated heterocycles. The highest BCUT2D eigenvalue weighted by atomic mass is 16.6. The molecule has 2 unspecified atom stereocenters. The Morgan fingerprint density at radius 3 is 2.95 bits per heavy atom. The lowest BCUT2D eigenvalue weighted by Gasteiger charge is -2.25. The zero-order valence-corrected chi connectivity index (χ0v) is 12.3. The van der Waals surface area contributed by atoms with Gasteiger partial charge in [-0.15, -0.1) is 0 Å². The molecule has 5 nitrogen and oxygen atoms in total. The van der Waals surface area contributed by atoms with Crippen LogP contribution in [0.3, 0.4) is 0 Å². The Labute approximate surface area is 125 Å². The topological polar surface area (TPSA) is 65.7 Å². The van der Waals surface area contributed by atoms with Crippen molar-refractivity contribution < 1.29 is 14.2 Å². The van der Waals surface area contributed by atoms with Crippen molar-refractivity contribution in [2.45, 2.75) is 44.2 Å². The molecule has 1 fully saturated rings. The minimum Gasteiger partial charge on any atom is -0.486 e. The maximum absolute atomic E-state index is 5.77. The summed E-state index contributed by atoms with van der Waals surface area (Å²) < 4.78 is 17.1. The van der Waals surface area contributed by atoms with Gasteiger partial charge in [-0.2, -0.15) is 0 Å². The predicted molar refractivity (Wildman–Crippen MR) is 80.3 cm³/mol. The van der Waals surface area contributed by atoms with Gasteiger partial charge in [-0.1, -0.05) is 12.1 Å². The quantitative estimate of drug-likeness (QED) is 0.622. The average Bonchev–Trinajstić information content (AvgIpc) is 3.05. The van der Waals surface area contributed by atoms with E-state index < -0.39 is 0 Å². The van der Waals surface area contributed by atoms with Crippen LogP contribution in [0.4, 0.5) is 0 Å². The van der Waals surface area contributed by atoms with Gasteiger partial charge in [-0.25, -0.2) is 0 Å². The Hall–Kier alpha value is -1.30. The predicted octanol–water partition coefficient (Wildman–Crippen LogP) is 2.31. The van der Waals surface area contributed by atoms with E-state index in [0.717, 1.165) is 42.9 Å². The van der Waals surface area contributed by atoms with E-state index in [1.54, 1.807) is 0 Å². The maximum atomic E-state index is 5.77. The highest BCUT2D eigenvalue weighted by Crippen LogP contribution is 2.38. The third-order valence-electron chi connectivity index (χ3n) is 4.22. The molecule has 2 aliphatic heterocycles. The van der Waals surface area contributed by atoms with Crippen molar-refractivity contribution in [1.82, 2.24) is 5.43 Å². The van der Waals surface area contributed by atoms with E-state index in [9.17, 15) is 0 Å². The summed E-state index contributed by atoms with van der Waals surface area (Å²) >= 11 is 0. The Kier molecular flexibility index (Phi) is 4.95. The Bertz CT molecular complexity index is 461. The van der Waals surface area contributed by atoms with E-state index in [1.165, 1.54) is 12.8 Å². The number of fused-ring (bicyclic) bond motifs is 1. The van der Waals surface area contributed by atoms with Crippen molar-refractivity contribution in [3.05, 3.63) is 23.8 Å². The first kappa shape index (κ1) is 14.6. The molecule has 0 aliphatic carbocycles. The van der Waals surface area contributed by atoms with Gasteiger partial charge in [-0.05, 0) is 38.2 Å². The summed E-state index contributed by atoms with van der Waals surface area (Å²) in [5.74, 6) is 7.41. The summed E-state index contributed by atoms with van der Waals surface area (Å²) in [5.41, 5.74) is 4.00. The first-order valence-electron chi connectivity index (χ1n) is 7.84. The number of rotatable bonds is 6. The summed E-state index contributed by atoms with van der Waals surface area (Å²) in [6, 6.07) is 6.08. The molecule has 1 aromatic rings. The van der Waals surface area contributed by atoms with E-state index >= 15 is 0 Å². The fraction of sp³-hybridized carbons (Fsp3) is 0.625. The Balaban J connectivity index is 1.62. The zero-order valence-electron chi connectivity index (χ0n) is 12.3. The van der Waals surface area contributed by atoms with Gasteiger partial charge < -0.3 is 14.2 Å². The van der Waals surface area contributed by atoms with Crippen LogP contribution in [0.15, 0.2) is 18.2 Å². The summed E-state index contributed by atoms with van der Waals surface area (Å²) in [4.78, 5) is 0. The highest BCUT2D eigenvalue weighted by molar-refractivity contribution is 5.48. The number of hydrazine groups is 1. The van der Waals surface area contributed by atoms with Crippen molar-refractivity contribution in [3.63, 3.8) is 0 Å². The highest BCUT2D eigenvalue weighted by Gasteiger charge is 2.22. The number of ether oxygens (including phenoxy) is 3. The molecule has 3 rings (SSSR count). The lowest BCUT2D eigenvalue weighted by molar-refractivity contribution is 0.101. The van der Waals surface area contributed by atoms with Crippen molar-refractivity contribution in [2.24, 2.45) is 5.84 Å². The van der Waals surface area contributed by atoms with E-state index in [0.29, 0.717) is 19.3 Å². The van der Waals surface area contributed by atoms with Crippen LogP contribution >= 0.6 is 0 Å². The van der Waals surface area contributed by atoms with Crippen LogP contribution in [0.25, 0.3) is 0 Å². The van der Waals surface area contributed by atoms with Crippen LogP contribution in [-0.4, -0.2) is 25.9 Å². The number of hydrogen-bond acceptors (Lipinski definition) is 5. The minimum absolute atomic E-state index is 0.0862. The van der Waals surface area contributed by atoms with Crippen LogP contribution in [0, 0.1) is 0 Å². The molecule has 1 aromatic carbocycles. The van der Waals surface area contributed by atoms with Crippen LogP contribution in [0.5, 0.6) is 11.5 Å². The molecule has 0 aromatic heterocycles. The molecule has 21 heavy (non-hydrogen) atoms. The van der Waals surface area contributed by atoms with Crippen LogP contribution < -0.4 is 20.7 Å². The molecule has 0 amide bonds. The fourth-order valence-electron chi connectivity index (χ4n) is 3.12. The number of nitrogens with one attached hydrogen (secondary N) is 1. The van der Waals surface area contributed by atoms with Gasteiger partial charge in [0.1, 0.15) is 13.2 Å². The normalized spacial score (nSPS) is 22.2. The fourth-order valence-corrected chi connectivity index (χ4v) is 3.12. The smallest absolute Gasteiger partial charge is 0.166 e. The number of nitrogens with two attached hydrogens (primary N) is 1. The first-order valence-corrected chi connectivity index (χ1v) is 7.84. The first-order chi connectivity index (χ1) is 10.4. The van der Waals surface area contributed by atoms with Crippen LogP contribution in [0.2, 0.25) is 0 Å². The minimum atomic E-state index is 0.0862. The van der Waals surface area contributed by atoms with Crippen molar-refractivity contribution >= 4 is 0 Å². The van der Waals surface area contributed by atoms with E-state index in [4.69, 9.17) is 20.1 Å². The van der Waals surface area contributed by atoms with E-state index in [2.05, 4.69) is 11.5 Å². The Morgan fingerprint density at radius 1 is 1.24 bits per heavy atom. The molecular weight excluding hydrogens is 268 g/mol. The molecule has 0 saturated carbocycles. The second-order valence-electron chi connectivity index (χ2n) is 5.66. The van der Waals surface area contributed by atoms with Crippen LogP contribution in [0.1, 0.15) is 43.7 Å². The third-order valence-corrected chi connectivity index (χ3v) is 4.22. The summed E-state index contributed by atoms with van der Waals surface area (Å²) in [7, 11) is 0. The molecule has 2 heterocycles. The average molecular weight is 292 g/mol. The van der Waals surface area contributed by atoms with Crippen molar-refractivity contribution in [2.75, 3.05) is 19.8 Å². The van der Waals surface area contributed by atoms with Gasteiger partial charge in [0.25, 0.3) is 0 Å². The van der Waals surface area contributed by atoms with E-state index in [-0.39, 0.29) is 6.04 Å². The molecule has 2 aliphatic rings. The molecule has 2 atom stereocenters. The monoisotopic (exact) mass is 292 g/mol. The molecule has 0 radical (unpaired) electrons. The number of benzene rings is 1. The van der Waals surface area contributed by atoms with Crippen molar-refractivity contribution in [3.8, 4) is 11.5 Å². The molecular formula is C16H24N2O3. The van der Waals surface area contributed by atoms with Gasteiger partial charge >= 0.3 is 0 Å². The summed E-state index contributed by atoms with van der Waals surface area (Å²) in [5, 5.41) is 0. The second-order valence-corrected chi connectivity index (χ2v) is 5.66. The molecule has 116 valence electrons. The summed E-state index contributed by atoms with van der Waals surface area (Å²) in [6.07, 6.45) is 5.98. The van der Waals surface area contributed by atoms with Gasteiger partial charge in [0.15, 0.2) is 11.5 Å². The SMILES string of the molecule is NNC(CCCC1CCCO1)c1cccc2c1OCCO2. The molecule has 3 N–H and O–H groups in total. The molecule has 5 heteroatoms. The second kappa shape index (κ2) is 7.11. The van der Waals surface area contributed by atoms with Gasteiger partial charge in [0, 0.05) is 18.2 Å². The third kappa shape index (κ3) is 3.48. The molecule has 0 bridgehead atoms. The largest absolute Gasteiger partial charge is 0.486 e. The zero-order chi connectivity index (χ0) is 14.5. The van der Waals surface area contributed by atoms with Gasteiger partial charge in [-0.3, -0.25) is 11.3 Å².